The molecule has 4 rings (SSSR count). The number of carbonyl (C=O) groups excluding carboxylic acids is 1. The molecule has 2 heterocycles. The van der Waals surface area contributed by atoms with Crippen LogP contribution in [0.2, 0.25) is 0 Å². The topological polar surface area (TPSA) is 54.5 Å². The van der Waals surface area contributed by atoms with Crippen molar-refractivity contribution in [2.75, 3.05) is 24.6 Å². The molecule has 0 saturated carbocycles. The lowest BCUT2D eigenvalue weighted by Crippen LogP contribution is -2.39. The number of rotatable bonds is 2. The maximum absolute atomic E-state index is 12.6. The molecule has 0 aliphatic carbocycles. The van der Waals surface area contributed by atoms with E-state index in [-0.39, 0.29) is 23.3 Å². The van der Waals surface area contributed by atoms with Crippen LogP contribution in [0.1, 0.15) is 18.4 Å². The van der Waals surface area contributed by atoms with Crippen molar-refractivity contribution in [3.63, 3.8) is 0 Å². The Morgan fingerprint density at radius 3 is 2.60 bits per heavy atom. The van der Waals surface area contributed by atoms with Gasteiger partial charge in [0.1, 0.15) is 0 Å². The van der Waals surface area contributed by atoms with Crippen LogP contribution in [0.25, 0.3) is 16.3 Å². The summed E-state index contributed by atoms with van der Waals surface area (Å²) in [5, 5.41) is 2.45. The standard InChI is InChI=1S/C20H21NO3S/c22-20(17-10-13-25(23,24)14-17)21-11-8-16(9-12-21)19-7-3-5-15-4-1-2-6-18(15)19/h1-8,17H,9-14H2/t17-/m1/s1. The van der Waals surface area contributed by atoms with E-state index < -0.39 is 9.84 Å². The first kappa shape index (κ1) is 16.3. The van der Waals surface area contributed by atoms with Gasteiger partial charge in [0, 0.05) is 13.1 Å². The van der Waals surface area contributed by atoms with Crippen LogP contribution in [0.4, 0.5) is 0 Å². The summed E-state index contributed by atoms with van der Waals surface area (Å²) in [5.41, 5.74) is 2.49. The largest absolute Gasteiger partial charge is 0.338 e. The molecule has 0 spiro atoms. The minimum atomic E-state index is -3.02. The van der Waals surface area contributed by atoms with Gasteiger partial charge in [-0.2, -0.15) is 0 Å². The van der Waals surface area contributed by atoms with Gasteiger partial charge >= 0.3 is 0 Å². The van der Waals surface area contributed by atoms with Gasteiger partial charge in [0.15, 0.2) is 9.84 Å². The zero-order valence-corrected chi connectivity index (χ0v) is 14.8. The number of carbonyl (C=O) groups is 1. The zero-order chi connectivity index (χ0) is 17.4. The molecule has 2 aromatic rings. The fraction of sp³-hybridized carbons (Fsp3) is 0.350. The summed E-state index contributed by atoms with van der Waals surface area (Å²) >= 11 is 0. The Morgan fingerprint density at radius 1 is 1.08 bits per heavy atom. The van der Waals surface area contributed by atoms with Crippen LogP contribution in [0, 0.1) is 5.92 Å². The summed E-state index contributed by atoms with van der Waals surface area (Å²) in [5.74, 6) is -0.192. The van der Waals surface area contributed by atoms with Gasteiger partial charge in [-0.25, -0.2) is 8.42 Å². The Balaban J connectivity index is 1.53. The van der Waals surface area contributed by atoms with Crippen LogP contribution < -0.4 is 0 Å². The van der Waals surface area contributed by atoms with E-state index in [1.54, 1.807) is 4.90 Å². The molecule has 1 fully saturated rings. The Hall–Kier alpha value is -2.14. The average Bonchev–Trinajstić information content (AvgIpc) is 3.01. The number of benzene rings is 2. The third kappa shape index (κ3) is 3.21. The Labute approximate surface area is 148 Å². The zero-order valence-electron chi connectivity index (χ0n) is 14.0. The quantitative estimate of drug-likeness (QED) is 0.832. The lowest BCUT2D eigenvalue weighted by molar-refractivity contribution is -0.134. The van der Waals surface area contributed by atoms with Crippen molar-refractivity contribution in [3.8, 4) is 0 Å². The number of fused-ring (bicyclic) bond motifs is 1. The first-order valence-corrected chi connectivity index (χ1v) is 10.5. The fourth-order valence-electron chi connectivity index (χ4n) is 3.87. The first-order chi connectivity index (χ1) is 12.0. The van der Waals surface area contributed by atoms with E-state index in [2.05, 4.69) is 36.4 Å². The predicted molar refractivity (Wildman–Crippen MR) is 99.9 cm³/mol. The second-order valence-corrected chi connectivity index (χ2v) is 9.12. The van der Waals surface area contributed by atoms with Crippen LogP contribution in [0.3, 0.4) is 0 Å². The van der Waals surface area contributed by atoms with Crippen molar-refractivity contribution in [1.82, 2.24) is 4.90 Å². The van der Waals surface area contributed by atoms with Crippen molar-refractivity contribution in [1.29, 1.82) is 0 Å². The molecule has 1 saturated heterocycles. The molecule has 0 N–H and O–H groups in total. The summed E-state index contributed by atoms with van der Waals surface area (Å²) in [6, 6.07) is 14.6. The molecular formula is C20H21NO3S. The van der Waals surface area contributed by atoms with Crippen molar-refractivity contribution in [2.24, 2.45) is 5.92 Å². The number of sulfone groups is 1. The highest BCUT2D eigenvalue weighted by molar-refractivity contribution is 7.91. The van der Waals surface area contributed by atoms with Gasteiger partial charge in [-0.15, -0.1) is 0 Å². The van der Waals surface area contributed by atoms with Crippen LogP contribution >= 0.6 is 0 Å². The molecular weight excluding hydrogens is 334 g/mol. The number of amides is 1. The van der Waals surface area contributed by atoms with Gasteiger partial charge in [0.2, 0.25) is 5.91 Å². The van der Waals surface area contributed by atoms with Crippen LogP contribution in [0.15, 0.2) is 48.5 Å². The van der Waals surface area contributed by atoms with Gasteiger partial charge in [0.25, 0.3) is 0 Å². The van der Waals surface area contributed by atoms with Gasteiger partial charge in [0.05, 0.1) is 17.4 Å². The highest BCUT2D eigenvalue weighted by atomic mass is 32.2. The molecule has 1 amide bonds. The highest BCUT2D eigenvalue weighted by Crippen LogP contribution is 2.30. The summed E-state index contributed by atoms with van der Waals surface area (Å²) in [4.78, 5) is 14.4. The third-order valence-electron chi connectivity index (χ3n) is 5.24. The minimum absolute atomic E-state index is 0.00528. The van der Waals surface area contributed by atoms with E-state index in [0.29, 0.717) is 19.5 Å². The molecule has 0 aromatic heterocycles. The molecule has 2 aromatic carbocycles. The monoisotopic (exact) mass is 355 g/mol. The van der Waals surface area contributed by atoms with Crippen molar-refractivity contribution < 1.29 is 13.2 Å². The van der Waals surface area contributed by atoms with E-state index in [0.717, 1.165) is 6.42 Å². The summed E-state index contributed by atoms with van der Waals surface area (Å²) < 4.78 is 23.2. The maximum atomic E-state index is 12.6. The molecule has 130 valence electrons. The molecule has 0 unspecified atom stereocenters. The molecule has 4 nitrogen and oxygen atoms in total. The molecule has 5 heteroatoms. The molecule has 2 aliphatic rings. The van der Waals surface area contributed by atoms with Gasteiger partial charge < -0.3 is 4.90 Å². The van der Waals surface area contributed by atoms with E-state index in [9.17, 15) is 13.2 Å². The SMILES string of the molecule is O=C([C@@H]1CCS(=O)(=O)C1)N1CC=C(c2cccc3ccccc23)CC1. The van der Waals surface area contributed by atoms with Gasteiger partial charge in [-0.05, 0) is 34.8 Å². The number of nitrogens with zero attached hydrogens (tertiary/aromatic N) is 1. The van der Waals surface area contributed by atoms with E-state index >= 15 is 0 Å². The summed E-state index contributed by atoms with van der Waals surface area (Å²) in [7, 11) is -3.02. The Kier molecular flexibility index (Phi) is 4.12. The van der Waals surface area contributed by atoms with E-state index in [1.165, 1.54) is 21.9 Å². The first-order valence-electron chi connectivity index (χ1n) is 8.70. The smallest absolute Gasteiger partial charge is 0.227 e. The predicted octanol–water partition coefficient (Wildman–Crippen LogP) is 2.89. The minimum Gasteiger partial charge on any atom is -0.338 e. The molecule has 0 radical (unpaired) electrons. The van der Waals surface area contributed by atoms with Crippen LogP contribution in [-0.4, -0.2) is 43.8 Å². The molecule has 0 bridgehead atoms. The van der Waals surface area contributed by atoms with Gasteiger partial charge in [-0.3, -0.25) is 4.79 Å². The maximum Gasteiger partial charge on any atom is 0.227 e. The van der Waals surface area contributed by atoms with E-state index in [4.69, 9.17) is 0 Å². The lowest BCUT2D eigenvalue weighted by atomic mass is 9.94. The highest BCUT2D eigenvalue weighted by Gasteiger charge is 2.35. The van der Waals surface area contributed by atoms with Crippen molar-refractivity contribution in [3.05, 3.63) is 54.1 Å². The Morgan fingerprint density at radius 2 is 1.88 bits per heavy atom. The third-order valence-corrected chi connectivity index (χ3v) is 7.01. The lowest BCUT2D eigenvalue weighted by Gasteiger charge is -2.29. The van der Waals surface area contributed by atoms with Crippen LogP contribution in [0.5, 0.6) is 0 Å². The van der Waals surface area contributed by atoms with Crippen molar-refractivity contribution >= 4 is 32.1 Å². The number of hydrogen-bond donors (Lipinski definition) is 0. The Bertz CT molecular complexity index is 957. The molecule has 25 heavy (non-hydrogen) atoms. The summed E-state index contributed by atoms with van der Waals surface area (Å²) in [6.45, 7) is 1.22. The second kappa shape index (κ2) is 6.30. The van der Waals surface area contributed by atoms with E-state index in [1.807, 2.05) is 12.1 Å². The second-order valence-electron chi connectivity index (χ2n) is 6.89. The molecule has 1 atom stereocenters. The van der Waals surface area contributed by atoms with Gasteiger partial charge in [-0.1, -0.05) is 48.5 Å². The normalized spacial score (nSPS) is 22.8. The average molecular weight is 355 g/mol. The van der Waals surface area contributed by atoms with Crippen LogP contribution in [-0.2, 0) is 14.6 Å². The van der Waals surface area contributed by atoms with Crippen molar-refractivity contribution in [2.45, 2.75) is 12.8 Å². The molecule has 2 aliphatic heterocycles. The summed E-state index contributed by atoms with van der Waals surface area (Å²) in [6.07, 6.45) is 3.39. The number of hydrogen-bond acceptors (Lipinski definition) is 3. The fourth-order valence-corrected chi connectivity index (χ4v) is 5.60.